The summed E-state index contributed by atoms with van der Waals surface area (Å²) in [5.41, 5.74) is 5.70. The summed E-state index contributed by atoms with van der Waals surface area (Å²) >= 11 is 3.37. The maximum absolute atomic E-state index is 12.6. The van der Waals surface area contributed by atoms with E-state index in [0.29, 0.717) is 30.0 Å². The molecule has 0 saturated carbocycles. The van der Waals surface area contributed by atoms with E-state index in [2.05, 4.69) is 26.8 Å². The van der Waals surface area contributed by atoms with E-state index in [1.54, 1.807) is 17.0 Å². The van der Waals surface area contributed by atoms with E-state index >= 15 is 0 Å². The van der Waals surface area contributed by atoms with Crippen molar-refractivity contribution in [2.45, 2.75) is 6.42 Å². The predicted molar refractivity (Wildman–Crippen MR) is 103 cm³/mol. The number of hydrogen-bond donors (Lipinski definition) is 2. The number of carbonyl (C=O) groups is 3. The number of amides is 3. The van der Waals surface area contributed by atoms with E-state index in [4.69, 9.17) is 9.47 Å². The molecule has 0 aromatic heterocycles. The molecule has 2 aliphatic heterocycles. The van der Waals surface area contributed by atoms with Crippen LogP contribution in [0.15, 0.2) is 46.9 Å². The van der Waals surface area contributed by atoms with Crippen molar-refractivity contribution >= 4 is 39.3 Å². The molecule has 1 saturated heterocycles. The van der Waals surface area contributed by atoms with E-state index in [1.807, 2.05) is 24.3 Å². The Kier molecular flexibility index (Phi) is 4.91. The van der Waals surface area contributed by atoms with Crippen LogP contribution in [-0.4, -0.2) is 31.1 Å². The Morgan fingerprint density at radius 2 is 1.89 bits per heavy atom. The molecule has 144 valence electrons. The van der Waals surface area contributed by atoms with Crippen LogP contribution in [0.3, 0.4) is 0 Å². The molecule has 8 nitrogen and oxygen atoms in total. The zero-order valence-corrected chi connectivity index (χ0v) is 16.2. The summed E-state index contributed by atoms with van der Waals surface area (Å²) < 4.78 is 11.3. The maximum atomic E-state index is 12.6. The highest BCUT2D eigenvalue weighted by atomic mass is 79.9. The largest absolute Gasteiger partial charge is 0.454 e. The van der Waals surface area contributed by atoms with Crippen LogP contribution in [0.2, 0.25) is 0 Å². The van der Waals surface area contributed by atoms with Crippen LogP contribution in [0.5, 0.6) is 11.5 Å². The third kappa shape index (κ3) is 3.53. The number of fused-ring (bicyclic) bond motifs is 1. The van der Waals surface area contributed by atoms with E-state index in [0.717, 1.165) is 10.2 Å². The number of nitrogens with one attached hydrogen (secondary N) is 2. The zero-order valence-electron chi connectivity index (χ0n) is 14.6. The highest BCUT2D eigenvalue weighted by molar-refractivity contribution is 9.10. The van der Waals surface area contributed by atoms with Crippen molar-refractivity contribution in [3.05, 3.63) is 52.5 Å². The van der Waals surface area contributed by atoms with Crippen LogP contribution >= 0.6 is 15.9 Å². The van der Waals surface area contributed by atoms with Gasteiger partial charge in [-0.3, -0.25) is 25.2 Å². The van der Waals surface area contributed by atoms with Crippen molar-refractivity contribution < 1.29 is 23.9 Å². The third-order valence-electron chi connectivity index (χ3n) is 4.58. The minimum absolute atomic E-state index is 0.107. The lowest BCUT2D eigenvalue weighted by Gasteiger charge is -2.17. The molecule has 1 fully saturated rings. The second kappa shape index (κ2) is 7.51. The Labute approximate surface area is 168 Å². The smallest absolute Gasteiger partial charge is 0.269 e. The standard InChI is InChI=1S/C19H16BrN3O5/c20-12-2-1-3-13(9-12)23-7-6-14(19(23)26)18(25)22-21-17(24)11-4-5-15-16(8-11)28-10-27-15/h1-5,8-9,14H,6-7,10H2,(H,21,24)(H,22,25)/t14-/m0/s1. The van der Waals surface area contributed by atoms with E-state index in [9.17, 15) is 14.4 Å². The highest BCUT2D eigenvalue weighted by Gasteiger charge is 2.37. The molecule has 0 unspecified atom stereocenters. The van der Waals surface area contributed by atoms with Crippen molar-refractivity contribution in [3.63, 3.8) is 0 Å². The normalized spacial score (nSPS) is 17.5. The van der Waals surface area contributed by atoms with Gasteiger partial charge in [0, 0.05) is 22.3 Å². The molecular weight excluding hydrogens is 430 g/mol. The molecule has 4 rings (SSSR count). The number of carbonyl (C=O) groups excluding carboxylic acids is 3. The van der Waals surface area contributed by atoms with Crippen molar-refractivity contribution in [2.24, 2.45) is 5.92 Å². The van der Waals surface area contributed by atoms with Gasteiger partial charge in [-0.15, -0.1) is 0 Å². The summed E-state index contributed by atoms with van der Waals surface area (Å²) in [5, 5.41) is 0. The first-order valence-corrected chi connectivity index (χ1v) is 9.39. The minimum atomic E-state index is -0.851. The van der Waals surface area contributed by atoms with Crippen molar-refractivity contribution in [2.75, 3.05) is 18.2 Å². The molecule has 0 spiro atoms. The van der Waals surface area contributed by atoms with Gasteiger partial charge in [0.25, 0.3) is 11.8 Å². The Hall–Kier alpha value is -3.07. The first-order chi connectivity index (χ1) is 13.5. The average Bonchev–Trinajstić information content (AvgIpc) is 3.31. The second-order valence-corrected chi connectivity index (χ2v) is 7.24. The van der Waals surface area contributed by atoms with Gasteiger partial charge in [0.2, 0.25) is 12.7 Å². The molecule has 2 aromatic carbocycles. The van der Waals surface area contributed by atoms with Gasteiger partial charge in [0.05, 0.1) is 0 Å². The topological polar surface area (TPSA) is 97.0 Å². The van der Waals surface area contributed by atoms with Crippen LogP contribution in [0.4, 0.5) is 5.69 Å². The molecule has 0 aliphatic carbocycles. The fourth-order valence-electron chi connectivity index (χ4n) is 3.14. The molecule has 2 heterocycles. The van der Waals surface area contributed by atoms with Gasteiger partial charge in [0.15, 0.2) is 11.5 Å². The number of benzene rings is 2. The molecule has 0 radical (unpaired) electrons. The Bertz CT molecular complexity index is 964. The summed E-state index contributed by atoms with van der Waals surface area (Å²) in [6.07, 6.45) is 0.372. The number of hydrogen-bond acceptors (Lipinski definition) is 5. The number of hydrazine groups is 1. The average molecular weight is 446 g/mol. The summed E-state index contributed by atoms with van der Waals surface area (Å²) in [7, 11) is 0. The van der Waals surface area contributed by atoms with Crippen LogP contribution in [0.25, 0.3) is 0 Å². The van der Waals surface area contributed by atoms with E-state index in [-0.39, 0.29) is 12.7 Å². The van der Waals surface area contributed by atoms with Gasteiger partial charge in [-0.25, -0.2) is 0 Å². The number of halogens is 1. The first kappa shape index (κ1) is 18.3. The minimum Gasteiger partial charge on any atom is -0.454 e. The first-order valence-electron chi connectivity index (χ1n) is 8.60. The summed E-state index contributed by atoms with van der Waals surface area (Å²) in [4.78, 5) is 38.8. The molecule has 28 heavy (non-hydrogen) atoms. The molecule has 1 atom stereocenters. The molecular formula is C19H16BrN3O5. The number of rotatable bonds is 3. The van der Waals surface area contributed by atoms with Crippen LogP contribution < -0.4 is 25.2 Å². The molecule has 0 bridgehead atoms. The Morgan fingerprint density at radius 1 is 1.07 bits per heavy atom. The maximum Gasteiger partial charge on any atom is 0.269 e. The number of ether oxygens (including phenoxy) is 2. The third-order valence-corrected chi connectivity index (χ3v) is 5.07. The summed E-state index contributed by atoms with van der Waals surface area (Å²) in [5.74, 6) is -1.18. The molecule has 3 amide bonds. The van der Waals surface area contributed by atoms with Gasteiger partial charge in [-0.05, 0) is 42.8 Å². The quantitative estimate of drug-likeness (QED) is 0.556. The monoisotopic (exact) mass is 445 g/mol. The lowest BCUT2D eigenvalue weighted by Crippen LogP contribution is -2.46. The molecule has 2 aliphatic rings. The molecule has 2 N–H and O–H groups in total. The van der Waals surface area contributed by atoms with Gasteiger partial charge in [0.1, 0.15) is 5.92 Å². The lowest BCUT2D eigenvalue weighted by atomic mass is 10.1. The predicted octanol–water partition coefficient (Wildman–Crippen LogP) is 1.99. The van der Waals surface area contributed by atoms with Crippen molar-refractivity contribution in [1.29, 1.82) is 0 Å². The fourth-order valence-corrected chi connectivity index (χ4v) is 3.53. The van der Waals surface area contributed by atoms with Gasteiger partial charge in [-0.2, -0.15) is 0 Å². The number of nitrogens with zero attached hydrogens (tertiary/aromatic N) is 1. The summed E-state index contributed by atoms with van der Waals surface area (Å²) in [6, 6.07) is 12.0. The lowest BCUT2D eigenvalue weighted by molar-refractivity contribution is -0.132. The Balaban J connectivity index is 1.36. The summed E-state index contributed by atoms with van der Waals surface area (Å²) in [6.45, 7) is 0.541. The van der Waals surface area contributed by atoms with Gasteiger partial charge >= 0.3 is 0 Å². The fraction of sp³-hybridized carbons (Fsp3) is 0.211. The number of anilines is 1. The van der Waals surface area contributed by atoms with Gasteiger partial charge in [-0.1, -0.05) is 22.0 Å². The zero-order chi connectivity index (χ0) is 19.7. The van der Waals surface area contributed by atoms with E-state index in [1.165, 1.54) is 6.07 Å². The van der Waals surface area contributed by atoms with Crippen LogP contribution in [0, 0.1) is 5.92 Å². The van der Waals surface area contributed by atoms with Gasteiger partial charge < -0.3 is 14.4 Å². The van der Waals surface area contributed by atoms with Crippen molar-refractivity contribution in [1.82, 2.24) is 10.9 Å². The second-order valence-electron chi connectivity index (χ2n) is 6.32. The Morgan fingerprint density at radius 3 is 2.71 bits per heavy atom. The van der Waals surface area contributed by atoms with Crippen LogP contribution in [-0.2, 0) is 9.59 Å². The molecule has 9 heteroatoms. The van der Waals surface area contributed by atoms with Crippen molar-refractivity contribution in [3.8, 4) is 11.5 Å². The molecule has 2 aromatic rings. The highest BCUT2D eigenvalue weighted by Crippen LogP contribution is 2.32. The van der Waals surface area contributed by atoms with Crippen LogP contribution in [0.1, 0.15) is 16.8 Å². The SMILES string of the molecule is O=C(NNC(=O)[C@@H]1CCN(c2cccc(Br)c2)C1=O)c1ccc2c(c1)OCO2. The van der Waals surface area contributed by atoms with E-state index < -0.39 is 17.7 Å².